The SMILES string of the molecule is CN(C)C(CNC(=O)Nc1ccccc1Cl)c1ccc2c(c1)CCO2. The molecular weight excluding hydrogens is 338 g/mol. The summed E-state index contributed by atoms with van der Waals surface area (Å²) in [6, 6.07) is 13.2. The summed E-state index contributed by atoms with van der Waals surface area (Å²) >= 11 is 6.07. The zero-order valence-electron chi connectivity index (χ0n) is 14.4. The van der Waals surface area contributed by atoms with Crippen LogP contribution in [0.15, 0.2) is 42.5 Å². The van der Waals surface area contributed by atoms with Crippen LogP contribution >= 0.6 is 11.6 Å². The van der Waals surface area contributed by atoms with Gasteiger partial charge in [-0.25, -0.2) is 4.79 Å². The van der Waals surface area contributed by atoms with Gasteiger partial charge >= 0.3 is 6.03 Å². The van der Waals surface area contributed by atoms with E-state index in [1.165, 1.54) is 5.56 Å². The number of halogens is 1. The largest absolute Gasteiger partial charge is 0.493 e. The molecule has 5 nitrogen and oxygen atoms in total. The van der Waals surface area contributed by atoms with Crippen LogP contribution in [0.2, 0.25) is 5.02 Å². The molecule has 2 amide bonds. The number of nitrogens with zero attached hydrogens (tertiary/aromatic N) is 1. The number of para-hydroxylation sites is 1. The van der Waals surface area contributed by atoms with E-state index in [2.05, 4.69) is 27.7 Å². The van der Waals surface area contributed by atoms with E-state index in [4.69, 9.17) is 16.3 Å². The second kappa shape index (κ2) is 7.76. The number of likely N-dealkylation sites (N-methyl/N-ethyl adjacent to an activating group) is 1. The third-order valence-electron chi connectivity index (χ3n) is 4.30. The van der Waals surface area contributed by atoms with E-state index in [1.807, 2.05) is 32.3 Å². The van der Waals surface area contributed by atoms with Crippen molar-refractivity contribution in [2.45, 2.75) is 12.5 Å². The maximum Gasteiger partial charge on any atom is 0.319 e. The maximum absolute atomic E-state index is 12.2. The smallest absolute Gasteiger partial charge is 0.319 e. The quantitative estimate of drug-likeness (QED) is 0.855. The van der Waals surface area contributed by atoms with Crippen molar-refractivity contribution in [3.05, 3.63) is 58.6 Å². The summed E-state index contributed by atoms with van der Waals surface area (Å²) in [7, 11) is 4.00. The predicted octanol–water partition coefficient (Wildman–Crippen LogP) is 3.70. The summed E-state index contributed by atoms with van der Waals surface area (Å²) in [6.07, 6.45) is 0.934. The number of urea groups is 1. The van der Waals surface area contributed by atoms with Crippen molar-refractivity contribution < 1.29 is 9.53 Å². The van der Waals surface area contributed by atoms with Crippen LogP contribution in [0.5, 0.6) is 5.75 Å². The first-order valence-electron chi connectivity index (χ1n) is 8.26. The highest BCUT2D eigenvalue weighted by Gasteiger charge is 2.19. The Labute approximate surface area is 152 Å². The zero-order valence-corrected chi connectivity index (χ0v) is 15.1. The highest BCUT2D eigenvalue weighted by molar-refractivity contribution is 6.33. The normalized spacial score (nSPS) is 13.9. The molecule has 0 radical (unpaired) electrons. The molecule has 1 aliphatic heterocycles. The van der Waals surface area contributed by atoms with Crippen LogP contribution in [-0.2, 0) is 6.42 Å². The molecule has 0 aliphatic carbocycles. The zero-order chi connectivity index (χ0) is 17.8. The minimum atomic E-state index is -0.274. The van der Waals surface area contributed by atoms with Crippen LogP contribution in [0.25, 0.3) is 0 Å². The molecule has 1 unspecified atom stereocenters. The lowest BCUT2D eigenvalue weighted by atomic mass is 10.0. The number of ether oxygens (including phenoxy) is 1. The molecule has 1 atom stereocenters. The predicted molar refractivity (Wildman–Crippen MR) is 101 cm³/mol. The van der Waals surface area contributed by atoms with Crippen molar-refractivity contribution >= 4 is 23.3 Å². The molecule has 132 valence electrons. The van der Waals surface area contributed by atoms with Crippen molar-refractivity contribution in [2.75, 3.05) is 32.6 Å². The van der Waals surface area contributed by atoms with E-state index < -0.39 is 0 Å². The number of nitrogens with one attached hydrogen (secondary N) is 2. The van der Waals surface area contributed by atoms with Crippen LogP contribution in [-0.4, -0.2) is 38.2 Å². The van der Waals surface area contributed by atoms with Gasteiger partial charge in [0.1, 0.15) is 5.75 Å². The number of carbonyl (C=O) groups is 1. The van der Waals surface area contributed by atoms with E-state index in [1.54, 1.807) is 12.1 Å². The Hall–Kier alpha value is -2.24. The molecule has 1 heterocycles. The number of hydrogen-bond donors (Lipinski definition) is 2. The Morgan fingerprint density at radius 2 is 2.08 bits per heavy atom. The average molecular weight is 360 g/mol. The standard InChI is InChI=1S/C19H22ClN3O2/c1-23(2)17(13-7-8-18-14(11-13)9-10-25-18)12-21-19(24)22-16-6-4-3-5-15(16)20/h3-8,11,17H,9-10,12H2,1-2H3,(H2,21,22,24). The fourth-order valence-electron chi connectivity index (χ4n) is 2.93. The minimum absolute atomic E-state index is 0.0721. The highest BCUT2D eigenvalue weighted by atomic mass is 35.5. The molecule has 6 heteroatoms. The van der Waals surface area contributed by atoms with Crippen molar-refractivity contribution in [3.63, 3.8) is 0 Å². The molecule has 0 saturated heterocycles. The molecule has 0 spiro atoms. The summed E-state index contributed by atoms with van der Waals surface area (Å²) in [5.74, 6) is 0.964. The van der Waals surface area contributed by atoms with Gasteiger partial charge in [0, 0.05) is 13.0 Å². The number of rotatable bonds is 5. The highest BCUT2D eigenvalue weighted by Crippen LogP contribution is 2.29. The van der Waals surface area contributed by atoms with Gasteiger partial charge in [-0.05, 0) is 43.4 Å². The molecular formula is C19H22ClN3O2. The number of carbonyl (C=O) groups excluding carboxylic acids is 1. The number of anilines is 1. The molecule has 0 fully saturated rings. The molecule has 3 rings (SSSR count). The van der Waals surface area contributed by atoms with Gasteiger partial charge in [-0.2, -0.15) is 0 Å². The first kappa shape index (κ1) is 17.6. The molecule has 0 saturated carbocycles. The lowest BCUT2D eigenvalue weighted by Crippen LogP contribution is -2.37. The van der Waals surface area contributed by atoms with Crippen molar-refractivity contribution in [2.24, 2.45) is 0 Å². The van der Waals surface area contributed by atoms with Gasteiger partial charge in [0.2, 0.25) is 0 Å². The van der Waals surface area contributed by atoms with E-state index in [9.17, 15) is 4.79 Å². The second-order valence-electron chi connectivity index (χ2n) is 6.26. The number of fused-ring (bicyclic) bond motifs is 1. The monoisotopic (exact) mass is 359 g/mol. The van der Waals surface area contributed by atoms with Crippen LogP contribution in [0.4, 0.5) is 10.5 Å². The van der Waals surface area contributed by atoms with Crippen molar-refractivity contribution in [3.8, 4) is 5.75 Å². The van der Waals surface area contributed by atoms with Crippen LogP contribution in [0.1, 0.15) is 17.2 Å². The first-order chi connectivity index (χ1) is 12.0. The fraction of sp³-hybridized carbons (Fsp3) is 0.316. The molecule has 2 N–H and O–H groups in total. The average Bonchev–Trinajstić information content (AvgIpc) is 3.04. The Balaban J connectivity index is 1.64. The molecule has 0 aromatic heterocycles. The van der Waals surface area contributed by atoms with Crippen molar-refractivity contribution in [1.82, 2.24) is 10.2 Å². The molecule has 2 aromatic carbocycles. The third kappa shape index (κ3) is 4.24. The number of hydrogen-bond acceptors (Lipinski definition) is 3. The maximum atomic E-state index is 12.2. The lowest BCUT2D eigenvalue weighted by molar-refractivity contribution is 0.243. The molecule has 2 aromatic rings. The summed E-state index contributed by atoms with van der Waals surface area (Å²) < 4.78 is 5.56. The van der Waals surface area contributed by atoms with E-state index in [-0.39, 0.29) is 12.1 Å². The van der Waals surface area contributed by atoms with Gasteiger partial charge in [-0.3, -0.25) is 0 Å². The fourth-order valence-corrected chi connectivity index (χ4v) is 3.11. The van der Waals surface area contributed by atoms with Gasteiger partial charge in [0.15, 0.2) is 0 Å². The Morgan fingerprint density at radius 3 is 2.84 bits per heavy atom. The van der Waals surface area contributed by atoms with E-state index in [0.717, 1.165) is 24.3 Å². The van der Waals surface area contributed by atoms with Gasteiger partial charge in [-0.15, -0.1) is 0 Å². The van der Waals surface area contributed by atoms with Gasteiger partial charge in [0.05, 0.1) is 23.4 Å². The van der Waals surface area contributed by atoms with Crippen molar-refractivity contribution in [1.29, 1.82) is 0 Å². The molecule has 25 heavy (non-hydrogen) atoms. The van der Waals surface area contributed by atoms with Gasteiger partial charge in [0.25, 0.3) is 0 Å². The molecule has 0 bridgehead atoms. The third-order valence-corrected chi connectivity index (χ3v) is 4.63. The Morgan fingerprint density at radius 1 is 1.28 bits per heavy atom. The summed E-state index contributed by atoms with van der Waals surface area (Å²) in [5.41, 5.74) is 2.98. The van der Waals surface area contributed by atoms with Gasteiger partial charge < -0.3 is 20.3 Å². The number of amides is 2. The molecule has 1 aliphatic rings. The lowest BCUT2D eigenvalue weighted by Gasteiger charge is -2.25. The van der Waals surface area contributed by atoms with Crippen LogP contribution < -0.4 is 15.4 Å². The second-order valence-corrected chi connectivity index (χ2v) is 6.67. The first-order valence-corrected chi connectivity index (χ1v) is 8.64. The topological polar surface area (TPSA) is 53.6 Å². The van der Waals surface area contributed by atoms with Crippen LogP contribution in [0.3, 0.4) is 0 Å². The summed E-state index contributed by atoms with van der Waals surface area (Å²) in [4.78, 5) is 14.3. The van der Waals surface area contributed by atoms with Crippen LogP contribution in [0, 0.1) is 0 Å². The number of benzene rings is 2. The summed E-state index contributed by atoms with van der Waals surface area (Å²) in [5, 5.41) is 6.22. The summed E-state index contributed by atoms with van der Waals surface area (Å²) in [6.45, 7) is 1.23. The Bertz CT molecular complexity index is 764. The van der Waals surface area contributed by atoms with E-state index >= 15 is 0 Å². The Kier molecular flexibility index (Phi) is 5.46. The van der Waals surface area contributed by atoms with Gasteiger partial charge in [-0.1, -0.05) is 35.9 Å². The van der Waals surface area contributed by atoms with E-state index in [0.29, 0.717) is 17.3 Å². The minimum Gasteiger partial charge on any atom is -0.493 e.